The Morgan fingerprint density at radius 2 is 0.676 bits per heavy atom. The lowest BCUT2D eigenvalue weighted by Gasteiger charge is -2.04. The van der Waals surface area contributed by atoms with Gasteiger partial charge in [0.05, 0.1) is 0 Å². The van der Waals surface area contributed by atoms with Crippen molar-refractivity contribution in [1.29, 1.82) is 0 Å². The molecule has 0 aromatic rings. The predicted octanol–water partition coefficient (Wildman–Crippen LogP) is 11.4. The summed E-state index contributed by atoms with van der Waals surface area (Å²) < 4.78 is 4.98. The number of rotatable bonds is 28. The van der Waals surface area contributed by atoms with Crippen molar-refractivity contribution in [3.63, 3.8) is 0 Å². The Morgan fingerprint density at radius 3 is 1.03 bits per heavy atom. The summed E-state index contributed by atoms with van der Waals surface area (Å²) in [5.74, 6) is -0.687. The van der Waals surface area contributed by atoms with E-state index in [4.69, 9.17) is 4.74 Å². The maximum atomic E-state index is 11.9. The average Bonchev–Trinajstić information content (AvgIpc) is 2.89. The molecule has 0 bridgehead atoms. The van der Waals surface area contributed by atoms with Gasteiger partial charge in [0, 0.05) is 12.8 Å². The fourth-order valence-corrected chi connectivity index (χ4v) is 4.56. The molecule has 0 spiro atoms. The van der Waals surface area contributed by atoms with Crippen molar-refractivity contribution in [3.8, 4) is 0 Å². The summed E-state index contributed by atoms with van der Waals surface area (Å²) in [6.07, 6.45) is 39.3. The van der Waals surface area contributed by atoms with Gasteiger partial charge in [0.25, 0.3) is 0 Å². The van der Waals surface area contributed by atoms with Gasteiger partial charge in [-0.2, -0.15) is 0 Å². The average molecular weight is 519 g/mol. The van der Waals surface area contributed by atoms with Crippen molar-refractivity contribution in [3.05, 3.63) is 24.3 Å². The van der Waals surface area contributed by atoms with Crippen LogP contribution in [-0.4, -0.2) is 11.9 Å². The Kier molecular flexibility index (Phi) is 29.7. The third-order valence-corrected chi connectivity index (χ3v) is 7.01. The molecule has 216 valence electrons. The molecule has 0 N–H and O–H groups in total. The molecule has 0 atom stereocenters. The van der Waals surface area contributed by atoms with Crippen LogP contribution in [0.3, 0.4) is 0 Å². The number of esters is 2. The molecule has 0 heterocycles. The highest BCUT2D eigenvalue weighted by Crippen LogP contribution is 2.12. The molecular weight excluding hydrogens is 456 g/mol. The predicted molar refractivity (Wildman–Crippen MR) is 161 cm³/mol. The molecule has 0 unspecified atom stereocenters. The summed E-state index contributed by atoms with van der Waals surface area (Å²) in [5, 5.41) is 0. The topological polar surface area (TPSA) is 43.4 Å². The van der Waals surface area contributed by atoms with Crippen LogP contribution in [0, 0.1) is 0 Å². The quantitative estimate of drug-likeness (QED) is 0.0447. The lowest BCUT2D eigenvalue weighted by Crippen LogP contribution is -2.11. The second kappa shape index (κ2) is 30.8. The first kappa shape index (κ1) is 35.6. The van der Waals surface area contributed by atoms with Gasteiger partial charge in [-0.1, -0.05) is 128 Å². The third kappa shape index (κ3) is 30.7. The van der Waals surface area contributed by atoms with Crippen LogP contribution in [0.4, 0.5) is 0 Å². The van der Waals surface area contributed by atoms with Crippen LogP contribution in [0.2, 0.25) is 0 Å². The summed E-state index contributed by atoms with van der Waals surface area (Å²) >= 11 is 0. The Balaban J connectivity index is 3.37. The smallest absolute Gasteiger partial charge is 0.313 e. The standard InChI is InChI=1S/C34H62O3/c1-3-5-7-9-11-13-15-17-18-20-22-24-26-28-30-32-34(36)37-33(35)31-29-27-25-23-21-19-16-14-12-10-8-6-4-2/h14,16-18H,3-13,15,19-32H2,1-2H3/b16-14-,18-17-. The molecule has 0 aliphatic carbocycles. The lowest BCUT2D eigenvalue weighted by atomic mass is 10.1. The molecule has 3 heteroatoms. The van der Waals surface area contributed by atoms with Gasteiger partial charge in [-0.05, 0) is 64.2 Å². The van der Waals surface area contributed by atoms with E-state index in [1.165, 1.54) is 116 Å². The van der Waals surface area contributed by atoms with Crippen LogP contribution >= 0.6 is 0 Å². The van der Waals surface area contributed by atoms with Crippen molar-refractivity contribution in [1.82, 2.24) is 0 Å². The number of hydrogen-bond donors (Lipinski definition) is 0. The minimum atomic E-state index is -0.344. The second-order valence-corrected chi connectivity index (χ2v) is 10.8. The SMILES string of the molecule is CCCCCC/C=C\CCCCCCCC(=O)OC(=O)CCCCCCC/C=C\CCCCCCCC. The first-order valence-electron chi connectivity index (χ1n) is 16.2. The van der Waals surface area contributed by atoms with Gasteiger partial charge in [-0.3, -0.25) is 9.59 Å². The molecular formula is C34H62O3. The Labute approximate surface area is 231 Å². The van der Waals surface area contributed by atoms with Gasteiger partial charge in [-0.15, -0.1) is 0 Å². The highest BCUT2D eigenvalue weighted by Gasteiger charge is 2.09. The highest BCUT2D eigenvalue weighted by molar-refractivity contribution is 5.85. The zero-order valence-corrected chi connectivity index (χ0v) is 24.9. The molecule has 0 rings (SSSR count). The Morgan fingerprint density at radius 1 is 0.405 bits per heavy atom. The van der Waals surface area contributed by atoms with E-state index in [2.05, 4.69) is 38.2 Å². The van der Waals surface area contributed by atoms with E-state index >= 15 is 0 Å². The van der Waals surface area contributed by atoms with E-state index in [1.54, 1.807) is 0 Å². The van der Waals surface area contributed by atoms with E-state index in [1.807, 2.05) is 0 Å². The van der Waals surface area contributed by atoms with Crippen LogP contribution in [0.5, 0.6) is 0 Å². The third-order valence-electron chi connectivity index (χ3n) is 7.01. The van der Waals surface area contributed by atoms with Crippen LogP contribution in [0.1, 0.15) is 181 Å². The van der Waals surface area contributed by atoms with Crippen LogP contribution in [-0.2, 0) is 14.3 Å². The normalized spacial score (nSPS) is 11.6. The fraction of sp³-hybridized carbons (Fsp3) is 0.824. The second-order valence-electron chi connectivity index (χ2n) is 10.8. The maximum Gasteiger partial charge on any atom is 0.313 e. The number of carbonyl (C=O) groups excluding carboxylic acids is 2. The van der Waals surface area contributed by atoms with Gasteiger partial charge in [-0.25, -0.2) is 0 Å². The summed E-state index contributed by atoms with van der Waals surface area (Å²) in [7, 11) is 0. The molecule has 0 aliphatic rings. The molecule has 0 fully saturated rings. The zero-order chi connectivity index (χ0) is 27.1. The lowest BCUT2D eigenvalue weighted by molar-refractivity contribution is -0.159. The number of allylic oxidation sites excluding steroid dienone is 4. The number of carbonyl (C=O) groups is 2. The number of ether oxygens (including phenoxy) is 1. The van der Waals surface area contributed by atoms with E-state index in [-0.39, 0.29) is 11.9 Å². The molecule has 0 saturated heterocycles. The van der Waals surface area contributed by atoms with E-state index in [9.17, 15) is 9.59 Å². The van der Waals surface area contributed by atoms with Crippen LogP contribution in [0.25, 0.3) is 0 Å². The minimum absolute atomic E-state index is 0.343. The van der Waals surface area contributed by atoms with Crippen molar-refractivity contribution >= 4 is 11.9 Å². The largest absolute Gasteiger partial charge is 0.393 e. The molecule has 0 aromatic carbocycles. The maximum absolute atomic E-state index is 11.9. The van der Waals surface area contributed by atoms with Crippen molar-refractivity contribution in [2.45, 2.75) is 181 Å². The van der Waals surface area contributed by atoms with Gasteiger partial charge in [0.15, 0.2) is 0 Å². The summed E-state index contributed by atoms with van der Waals surface area (Å²) in [4.78, 5) is 23.7. The van der Waals surface area contributed by atoms with Crippen molar-refractivity contribution < 1.29 is 14.3 Å². The van der Waals surface area contributed by atoms with Gasteiger partial charge in [0.2, 0.25) is 0 Å². The van der Waals surface area contributed by atoms with Crippen molar-refractivity contribution in [2.24, 2.45) is 0 Å². The molecule has 37 heavy (non-hydrogen) atoms. The zero-order valence-electron chi connectivity index (χ0n) is 24.9. The van der Waals surface area contributed by atoms with E-state index in [0.29, 0.717) is 12.8 Å². The van der Waals surface area contributed by atoms with Gasteiger partial charge < -0.3 is 4.74 Å². The fourth-order valence-electron chi connectivity index (χ4n) is 4.56. The van der Waals surface area contributed by atoms with Crippen molar-refractivity contribution in [2.75, 3.05) is 0 Å². The first-order chi connectivity index (χ1) is 18.2. The molecule has 0 aromatic heterocycles. The van der Waals surface area contributed by atoms with Crippen LogP contribution < -0.4 is 0 Å². The van der Waals surface area contributed by atoms with E-state index < -0.39 is 0 Å². The van der Waals surface area contributed by atoms with Gasteiger partial charge in [0.1, 0.15) is 0 Å². The van der Waals surface area contributed by atoms with Gasteiger partial charge >= 0.3 is 11.9 Å². The summed E-state index contributed by atoms with van der Waals surface area (Å²) in [5.41, 5.74) is 0. The molecule has 0 amide bonds. The molecule has 0 radical (unpaired) electrons. The van der Waals surface area contributed by atoms with Crippen LogP contribution in [0.15, 0.2) is 24.3 Å². The number of hydrogen-bond acceptors (Lipinski definition) is 3. The molecule has 0 saturated carbocycles. The Hall–Kier alpha value is -1.38. The molecule has 0 aliphatic heterocycles. The minimum Gasteiger partial charge on any atom is -0.393 e. The highest BCUT2D eigenvalue weighted by atomic mass is 16.6. The monoisotopic (exact) mass is 518 g/mol. The van der Waals surface area contributed by atoms with E-state index in [0.717, 1.165) is 38.5 Å². The first-order valence-corrected chi connectivity index (χ1v) is 16.2. The molecule has 3 nitrogen and oxygen atoms in total. The summed E-state index contributed by atoms with van der Waals surface area (Å²) in [6.45, 7) is 4.51. The Bertz CT molecular complexity index is 549. The number of unbranched alkanes of at least 4 members (excludes halogenated alkanes) is 20. The summed E-state index contributed by atoms with van der Waals surface area (Å²) in [6, 6.07) is 0.